The van der Waals surface area contributed by atoms with Gasteiger partial charge in [0.25, 0.3) is 0 Å². The van der Waals surface area contributed by atoms with Crippen LogP contribution in [0.4, 0.5) is 0 Å². The summed E-state index contributed by atoms with van der Waals surface area (Å²) in [7, 11) is 4.61. The Kier molecular flexibility index (Phi) is 6.31. The summed E-state index contributed by atoms with van der Waals surface area (Å²) in [6.45, 7) is 5.39. The van der Waals surface area contributed by atoms with E-state index >= 15 is 0 Å². The summed E-state index contributed by atoms with van der Waals surface area (Å²) in [5, 5.41) is 6.51. The monoisotopic (exact) mass is 380 g/mol. The predicted octanol–water partition coefficient (Wildman–Crippen LogP) is 2.46. The number of carbonyl (C=O) groups is 1. The predicted molar refractivity (Wildman–Crippen MR) is 102 cm³/mol. The number of methoxy groups -OCH3 is 3. The first-order chi connectivity index (χ1) is 12.3. The summed E-state index contributed by atoms with van der Waals surface area (Å²) >= 11 is 5.26. The molecule has 0 saturated heterocycles. The maximum atomic E-state index is 12.7. The Labute approximate surface area is 158 Å². The van der Waals surface area contributed by atoms with Gasteiger partial charge in [0.1, 0.15) is 0 Å². The van der Waals surface area contributed by atoms with E-state index in [-0.39, 0.29) is 6.10 Å². The minimum absolute atomic E-state index is 0.239. The van der Waals surface area contributed by atoms with E-state index in [9.17, 15) is 4.79 Å². The average molecular weight is 380 g/mol. The molecule has 2 N–H and O–H groups in total. The lowest BCUT2D eigenvalue weighted by Gasteiger charge is -2.30. The van der Waals surface area contributed by atoms with Crippen LogP contribution in [0.1, 0.15) is 32.4 Å². The van der Waals surface area contributed by atoms with Crippen LogP contribution in [0.5, 0.6) is 17.2 Å². The fourth-order valence-corrected chi connectivity index (χ4v) is 3.03. The second-order valence-electron chi connectivity index (χ2n) is 5.98. The number of rotatable bonds is 6. The molecule has 8 heteroatoms. The summed E-state index contributed by atoms with van der Waals surface area (Å²) in [5.74, 6) is 1.03. The van der Waals surface area contributed by atoms with Crippen LogP contribution in [0.2, 0.25) is 0 Å². The van der Waals surface area contributed by atoms with Gasteiger partial charge in [0.05, 0.1) is 39.0 Å². The number of hydrogen-bond acceptors (Lipinski definition) is 6. The van der Waals surface area contributed by atoms with Gasteiger partial charge in [-0.2, -0.15) is 0 Å². The Morgan fingerprint density at radius 3 is 2.15 bits per heavy atom. The first-order valence-electron chi connectivity index (χ1n) is 8.11. The molecule has 26 heavy (non-hydrogen) atoms. The van der Waals surface area contributed by atoms with E-state index in [0.29, 0.717) is 33.6 Å². The highest BCUT2D eigenvalue weighted by Crippen LogP contribution is 2.41. The molecule has 1 aromatic rings. The molecule has 142 valence electrons. The lowest BCUT2D eigenvalue weighted by Crippen LogP contribution is -2.45. The van der Waals surface area contributed by atoms with Crippen molar-refractivity contribution in [2.24, 2.45) is 0 Å². The van der Waals surface area contributed by atoms with E-state index in [1.165, 1.54) is 21.3 Å². The molecule has 2 rings (SSSR count). The lowest BCUT2D eigenvalue weighted by atomic mass is 9.95. The highest BCUT2D eigenvalue weighted by molar-refractivity contribution is 7.80. The maximum absolute atomic E-state index is 12.7. The van der Waals surface area contributed by atoms with Gasteiger partial charge in [-0.25, -0.2) is 4.79 Å². The number of hydrogen-bond donors (Lipinski definition) is 2. The number of thiocarbonyl (C=S) groups is 1. The molecule has 0 unspecified atom stereocenters. The third kappa shape index (κ3) is 4.01. The molecular weight excluding hydrogens is 356 g/mol. The van der Waals surface area contributed by atoms with E-state index in [4.69, 9.17) is 31.2 Å². The van der Waals surface area contributed by atoms with Gasteiger partial charge in [0.2, 0.25) is 5.75 Å². The quantitative estimate of drug-likeness (QED) is 0.576. The van der Waals surface area contributed by atoms with Crippen LogP contribution in [-0.2, 0) is 9.53 Å². The van der Waals surface area contributed by atoms with Crippen molar-refractivity contribution < 1.29 is 23.7 Å². The van der Waals surface area contributed by atoms with Crippen LogP contribution in [0.15, 0.2) is 23.4 Å². The topological polar surface area (TPSA) is 78.1 Å². The number of nitrogens with one attached hydrogen (secondary N) is 2. The molecule has 0 radical (unpaired) electrons. The molecule has 1 heterocycles. The van der Waals surface area contributed by atoms with Crippen molar-refractivity contribution in [2.45, 2.75) is 32.9 Å². The molecule has 0 bridgehead atoms. The SMILES string of the molecule is COc1cc([C@@H]2NC(=S)NC(C)=C2C(=O)OC(C)C)cc(OC)c1OC. The second kappa shape index (κ2) is 8.27. The van der Waals surface area contributed by atoms with Crippen molar-refractivity contribution in [1.82, 2.24) is 10.6 Å². The van der Waals surface area contributed by atoms with Gasteiger partial charge in [-0.05, 0) is 50.7 Å². The summed E-state index contributed by atoms with van der Waals surface area (Å²) < 4.78 is 21.6. The second-order valence-corrected chi connectivity index (χ2v) is 6.39. The third-order valence-electron chi connectivity index (χ3n) is 3.85. The van der Waals surface area contributed by atoms with Gasteiger partial charge >= 0.3 is 5.97 Å². The first-order valence-corrected chi connectivity index (χ1v) is 8.52. The fraction of sp³-hybridized carbons (Fsp3) is 0.444. The zero-order valence-electron chi connectivity index (χ0n) is 15.8. The minimum Gasteiger partial charge on any atom is -0.493 e. The largest absolute Gasteiger partial charge is 0.493 e. The van der Waals surface area contributed by atoms with Crippen molar-refractivity contribution >= 4 is 23.3 Å². The van der Waals surface area contributed by atoms with Crippen LogP contribution in [0.25, 0.3) is 0 Å². The molecule has 0 fully saturated rings. The summed E-state index contributed by atoms with van der Waals surface area (Å²) in [6.07, 6.45) is -0.239. The van der Waals surface area contributed by atoms with Crippen LogP contribution in [-0.4, -0.2) is 38.5 Å². The molecule has 0 saturated carbocycles. The van der Waals surface area contributed by atoms with Gasteiger partial charge in [-0.3, -0.25) is 0 Å². The molecule has 0 spiro atoms. The summed E-state index contributed by atoms with van der Waals surface area (Å²) in [5.41, 5.74) is 1.82. The molecule has 0 amide bonds. The first kappa shape index (κ1) is 19.8. The smallest absolute Gasteiger partial charge is 0.338 e. The lowest BCUT2D eigenvalue weighted by molar-refractivity contribution is -0.143. The highest BCUT2D eigenvalue weighted by Gasteiger charge is 2.32. The molecule has 7 nitrogen and oxygen atoms in total. The standard InChI is InChI=1S/C18H24N2O5S/c1-9(2)25-17(21)14-10(3)19-18(26)20-15(14)11-7-12(22-4)16(24-6)13(8-11)23-5/h7-9,15H,1-6H3,(H2,19,20,26)/t15-/m0/s1. The van der Waals surface area contributed by atoms with E-state index in [2.05, 4.69) is 10.6 Å². The molecule has 0 aromatic heterocycles. The number of esters is 1. The van der Waals surface area contributed by atoms with Gasteiger partial charge in [0.15, 0.2) is 16.6 Å². The summed E-state index contributed by atoms with van der Waals surface area (Å²) in [4.78, 5) is 12.7. The average Bonchev–Trinajstić information content (AvgIpc) is 2.58. The van der Waals surface area contributed by atoms with Crippen molar-refractivity contribution in [2.75, 3.05) is 21.3 Å². The molecule has 1 aromatic carbocycles. The van der Waals surface area contributed by atoms with Crippen LogP contribution in [0, 0.1) is 0 Å². The zero-order chi connectivity index (χ0) is 19.4. The van der Waals surface area contributed by atoms with Crippen LogP contribution in [0.3, 0.4) is 0 Å². The van der Waals surface area contributed by atoms with E-state index in [1.807, 2.05) is 0 Å². The Morgan fingerprint density at radius 2 is 1.69 bits per heavy atom. The van der Waals surface area contributed by atoms with Gasteiger partial charge in [-0.1, -0.05) is 0 Å². The Bertz CT molecular complexity index is 720. The van der Waals surface area contributed by atoms with Gasteiger partial charge in [-0.15, -0.1) is 0 Å². The van der Waals surface area contributed by atoms with E-state index in [0.717, 1.165) is 5.56 Å². The number of allylic oxidation sites excluding steroid dienone is 1. The Hall–Kier alpha value is -2.48. The Balaban J connectivity index is 2.57. The van der Waals surface area contributed by atoms with Crippen LogP contribution >= 0.6 is 12.2 Å². The minimum atomic E-state index is -0.510. The van der Waals surface area contributed by atoms with Gasteiger partial charge in [0, 0.05) is 5.70 Å². The third-order valence-corrected chi connectivity index (χ3v) is 4.07. The molecule has 0 aliphatic carbocycles. The number of carbonyl (C=O) groups excluding carboxylic acids is 1. The number of ether oxygens (including phenoxy) is 4. The Morgan fingerprint density at radius 1 is 1.12 bits per heavy atom. The van der Waals surface area contributed by atoms with Crippen LogP contribution < -0.4 is 24.8 Å². The highest BCUT2D eigenvalue weighted by atomic mass is 32.1. The fourth-order valence-electron chi connectivity index (χ4n) is 2.76. The van der Waals surface area contributed by atoms with Crippen molar-refractivity contribution in [3.63, 3.8) is 0 Å². The molecular formula is C18H24N2O5S. The molecule has 1 aliphatic heterocycles. The zero-order valence-corrected chi connectivity index (χ0v) is 16.6. The summed E-state index contributed by atoms with van der Waals surface area (Å²) in [6, 6.07) is 3.05. The van der Waals surface area contributed by atoms with Crippen molar-refractivity contribution in [3.8, 4) is 17.2 Å². The van der Waals surface area contributed by atoms with E-state index in [1.54, 1.807) is 32.9 Å². The maximum Gasteiger partial charge on any atom is 0.338 e. The van der Waals surface area contributed by atoms with E-state index < -0.39 is 12.0 Å². The van der Waals surface area contributed by atoms with Crippen molar-refractivity contribution in [1.29, 1.82) is 0 Å². The molecule has 1 aliphatic rings. The number of benzene rings is 1. The van der Waals surface area contributed by atoms with Crippen molar-refractivity contribution in [3.05, 3.63) is 29.0 Å². The van der Waals surface area contributed by atoms with Gasteiger partial charge < -0.3 is 29.6 Å². The molecule has 1 atom stereocenters. The normalized spacial score (nSPS) is 16.7.